The van der Waals surface area contributed by atoms with E-state index in [1.165, 1.54) is 18.7 Å². The van der Waals surface area contributed by atoms with Crippen molar-refractivity contribution in [1.82, 2.24) is 14.8 Å². The van der Waals surface area contributed by atoms with Crippen LogP contribution in [0.4, 0.5) is 5.69 Å². The lowest BCUT2D eigenvalue weighted by Gasteiger charge is -2.14. The largest absolute Gasteiger partial charge is 0.324 e. The van der Waals surface area contributed by atoms with E-state index in [9.17, 15) is 9.59 Å². The Balaban J connectivity index is 1.77. The van der Waals surface area contributed by atoms with Crippen LogP contribution in [0.15, 0.2) is 53.7 Å². The van der Waals surface area contributed by atoms with Crippen molar-refractivity contribution < 1.29 is 9.59 Å². The minimum absolute atomic E-state index is 0.0976. The van der Waals surface area contributed by atoms with Crippen LogP contribution in [0.5, 0.6) is 0 Å². The van der Waals surface area contributed by atoms with Gasteiger partial charge in [-0.15, -0.1) is 10.2 Å². The van der Waals surface area contributed by atoms with Crippen molar-refractivity contribution in [3.05, 3.63) is 59.1 Å². The maximum Gasteiger partial charge on any atom is 0.237 e. The lowest BCUT2D eigenvalue weighted by molar-refractivity contribution is -0.115. The molecule has 0 radical (unpaired) electrons. The molecule has 8 heteroatoms. The summed E-state index contributed by atoms with van der Waals surface area (Å²) in [5.74, 6) is 0.420. The highest BCUT2D eigenvalue weighted by Gasteiger charge is 2.21. The molecule has 0 fully saturated rings. The molecule has 150 valence electrons. The van der Waals surface area contributed by atoms with E-state index in [0.29, 0.717) is 28.0 Å². The first-order valence-corrected chi connectivity index (χ1v) is 10.4. The van der Waals surface area contributed by atoms with Crippen LogP contribution in [0.2, 0.25) is 5.02 Å². The molecule has 1 heterocycles. The predicted octanol–water partition coefficient (Wildman–Crippen LogP) is 4.94. The first-order valence-electron chi connectivity index (χ1n) is 9.17. The highest BCUT2D eigenvalue weighted by atomic mass is 35.5. The van der Waals surface area contributed by atoms with E-state index in [0.717, 1.165) is 11.4 Å². The summed E-state index contributed by atoms with van der Waals surface area (Å²) in [6.07, 6.45) is 0. The number of thioether (sulfide) groups is 1. The molecule has 1 atom stereocenters. The highest BCUT2D eigenvalue weighted by molar-refractivity contribution is 8.00. The summed E-state index contributed by atoms with van der Waals surface area (Å²) in [6.45, 7) is 5.94. The molecule has 1 unspecified atom stereocenters. The molecule has 2 aromatic carbocycles. The molecule has 0 saturated heterocycles. The van der Waals surface area contributed by atoms with Gasteiger partial charge in [0.2, 0.25) is 5.91 Å². The number of benzene rings is 2. The summed E-state index contributed by atoms with van der Waals surface area (Å²) in [6, 6.07) is 14.4. The van der Waals surface area contributed by atoms with Gasteiger partial charge in [0, 0.05) is 22.7 Å². The Morgan fingerprint density at radius 3 is 2.48 bits per heavy atom. The van der Waals surface area contributed by atoms with Gasteiger partial charge in [-0.25, -0.2) is 0 Å². The number of para-hydroxylation sites is 1. The lowest BCUT2D eigenvalue weighted by atomic mass is 10.1. The topological polar surface area (TPSA) is 76.9 Å². The molecule has 0 aliphatic heterocycles. The standard InChI is InChI=1S/C21H21ClN4O2S/c1-4-26-19(15-9-11-16(22)12-10-15)24-25-21(26)29-14(3)20(28)23-18-8-6-5-7-17(18)13(2)27/h5-12,14H,4H2,1-3H3,(H,23,28). The number of anilines is 1. The van der Waals surface area contributed by atoms with Gasteiger partial charge >= 0.3 is 0 Å². The van der Waals surface area contributed by atoms with Crippen LogP contribution in [0.1, 0.15) is 31.1 Å². The molecule has 0 bridgehead atoms. The Bertz CT molecular complexity index is 1030. The van der Waals surface area contributed by atoms with Crippen molar-refractivity contribution in [2.24, 2.45) is 0 Å². The quantitative estimate of drug-likeness (QED) is 0.426. The maximum absolute atomic E-state index is 12.7. The summed E-state index contributed by atoms with van der Waals surface area (Å²) < 4.78 is 1.96. The monoisotopic (exact) mass is 428 g/mol. The zero-order valence-corrected chi connectivity index (χ0v) is 17.9. The van der Waals surface area contributed by atoms with E-state index in [4.69, 9.17) is 11.6 Å². The number of hydrogen-bond donors (Lipinski definition) is 1. The molecule has 1 aromatic heterocycles. The first-order chi connectivity index (χ1) is 13.9. The third kappa shape index (κ3) is 4.86. The van der Waals surface area contributed by atoms with Crippen molar-refractivity contribution in [2.75, 3.05) is 5.32 Å². The Morgan fingerprint density at radius 1 is 1.14 bits per heavy atom. The molecule has 1 amide bonds. The molecule has 0 saturated carbocycles. The van der Waals surface area contributed by atoms with E-state index in [-0.39, 0.29) is 11.7 Å². The molecule has 29 heavy (non-hydrogen) atoms. The second-order valence-corrected chi connectivity index (χ2v) is 8.15. The minimum atomic E-state index is -0.428. The maximum atomic E-state index is 12.7. The molecule has 3 aromatic rings. The fourth-order valence-electron chi connectivity index (χ4n) is 2.82. The van der Waals surface area contributed by atoms with Crippen LogP contribution < -0.4 is 5.32 Å². The normalized spacial score (nSPS) is 11.9. The van der Waals surface area contributed by atoms with E-state index in [2.05, 4.69) is 15.5 Å². The van der Waals surface area contributed by atoms with Gasteiger partial charge in [-0.2, -0.15) is 0 Å². The van der Waals surface area contributed by atoms with Gasteiger partial charge in [0.25, 0.3) is 0 Å². The fourth-order valence-corrected chi connectivity index (χ4v) is 3.86. The van der Waals surface area contributed by atoms with E-state index < -0.39 is 5.25 Å². The second kappa shape index (κ2) is 9.24. The van der Waals surface area contributed by atoms with Crippen molar-refractivity contribution in [1.29, 1.82) is 0 Å². The number of hydrogen-bond acceptors (Lipinski definition) is 5. The van der Waals surface area contributed by atoms with Gasteiger partial charge in [0.1, 0.15) is 0 Å². The van der Waals surface area contributed by atoms with Gasteiger partial charge in [0.15, 0.2) is 16.8 Å². The summed E-state index contributed by atoms with van der Waals surface area (Å²) in [4.78, 5) is 24.5. The van der Waals surface area contributed by atoms with Crippen molar-refractivity contribution in [3.8, 4) is 11.4 Å². The second-order valence-electron chi connectivity index (χ2n) is 6.41. The van der Waals surface area contributed by atoms with Gasteiger partial charge in [-0.3, -0.25) is 9.59 Å². The molecular formula is C21H21ClN4O2S. The zero-order valence-electron chi connectivity index (χ0n) is 16.3. The zero-order chi connectivity index (χ0) is 21.0. The number of rotatable bonds is 7. The molecule has 1 N–H and O–H groups in total. The number of ketones is 1. The summed E-state index contributed by atoms with van der Waals surface area (Å²) in [7, 11) is 0. The number of nitrogens with one attached hydrogen (secondary N) is 1. The first kappa shape index (κ1) is 21.1. The summed E-state index contributed by atoms with van der Waals surface area (Å²) in [5.41, 5.74) is 1.90. The number of carbonyl (C=O) groups is 2. The summed E-state index contributed by atoms with van der Waals surface area (Å²) >= 11 is 7.29. The van der Waals surface area contributed by atoms with Gasteiger partial charge in [-0.05, 0) is 57.2 Å². The van der Waals surface area contributed by atoms with Crippen LogP contribution in [-0.4, -0.2) is 31.7 Å². The highest BCUT2D eigenvalue weighted by Crippen LogP contribution is 2.28. The number of halogens is 1. The number of nitrogens with zero attached hydrogens (tertiary/aromatic N) is 3. The fraction of sp³-hybridized carbons (Fsp3) is 0.238. The van der Waals surface area contributed by atoms with Crippen LogP contribution in [-0.2, 0) is 11.3 Å². The van der Waals surface area contributed by atoms with E-state index in [1.54, 1.807) is 43.3 Å². The van der Waals surface area contributed by atoms with Crippen molar-refractivity contribution in [2.45, 2.75) is 37.7 Å². The molecule has 0 aliphatic carbocycles. The lowest BCUT2D eigenvalue weighted by Crippen LogP contribution is -2.24. The van der Waals surface area contributed by atoms with Crippen LogP contribution in [0.25, 0.3) is 11.4 Å². The Labute approximate surface area is 178 Å². The third-order valence-corrected chi connectivity index (χ3v) is 5.68. The third-order valence-electron chi connectivity index (χ3n) is 4.35. The molecule has 3 rings (SSSR count). The SMILES string of the molecule is CCn1c(SC(C)C(=O)Nc2ccccc2C(C)=O)nnc1-c1ccc(Cl)cc1. The molecule has 6 nitrogen and oxygen atoms in total. The van der Waals surface area contributed by atoms with E-state index >= 15 is 0 Å². The molecule has 0 spiro atoms. The Hall–Kier alpha value is -2.64. The number of amides is 1. The van der Waals surface area contributed by atoms with Gasteiger partial charge in [0.05, 0.1) is 10.9 Å². The number of Topliss-reactive ketones (excluding diaryl/α,β-unsaturated/α-hetero) is 1. The summed E-state index contributed by atoms with van der Waals surface area (Å²) in [5, 5.41) is 12.3. The smallest absolute Gasteiger partial charge is 0.237 e. The van der Waals surface area contributed by atoms with Crippen molar-refractivity contribution in [3.63, 3.8) is 0 Å². The van der Waals surface area contributed by atoms with Crippen molar-refractivity contribution >= 4 is 40.7 Å². The average molecular weight is 429 g/mol. The Kier molecular flexibility index (Phi) is 6.71. The average Bonchev–Trinajstić information content (AvgIpc) is 3.11. The van der Waals surface area contributed by atoms with Crippen LogP contribution >= 0.6 is 23.4 Å². The van der Waals surface area contributed by atoms with Crippen LogP contribution in [0, 0.1) is 0 Å². The predicted molar refractivity (Wildman–Crippen MR) is 117 cm³/mol. The number of aromatic nitrogens is 3. The number of carbonyl (C=O) groups excluding carboxylic acids is 2. The van der Waals surface area contributed by atoms with Gasteiger partial charge in [-0.1, -0.05) is 35.5 Å². The Morgan fingerprint density at radius 2 is 1.83 bits per heavy atom. The molecule has 0 aliphatic rings. The van der Waals surface area contributed by atoms with Crippen LogP contribution in [0.3, 0.4) is 0 Å². The van der Waals surface area contributed by atoms with E-state index in [1.807, 2.05) is 23.6 Å². The van der Waals surface area contributed by atoms with Gasteiger partial charge < -0.3 is 9.88 Å². The minimum Gasteiger partial charge on any atom is -0.324 e. The molecular weight excluding hydrogens is 408 g/mol.